The number of nitrogens with zero attached hydrogens (tertiary/aromatic N) is 2. The number of hydrogen-bond acceptors (Lipinski definition) is 1. The molecule has 0 saturated heterocycles. The Hall–Kier alpha value is -3.13. The van der Waals surface area contributed by atoms with Gasteiger partial charge in [0.2, 0.25) is 0 Å². The molecule has 0 fully saturated rings. The Bertz CT molecular complexity index is 1010. The van der Waals surface area contributed by atoms with E-state index in [-0.39, 0.29) is 0 Å². The van der Waals surface area contributed by atoms with Gasteiger partial charge in [-0.05, 0) is 42.6 Å². The topological polar surface area (TPSA) is 17.3 Å². The molecular weight excluding hydrogens is 292 g/mol. The summed E-state index contributed by atoms with van der Waals surface area (Å²) in [6.07, 6.45) is 1.95. The maximum absolute atomic E-state index is 4.76. The highest BCUT2D eigenvalue weighted by Crippen LogP contribution is 2.25. The van der Waals surface area contributed by atoms with Crippen LogP contribution in [-0.4, -0.2) is 10.8 Å². The lowest BCUT2D eigenvalue weighted by Gasteiger charge is -2.09. The van der Waals surface area contributed by atoms with Gasteiger partial charge in [0, 0.05) is 16.8 Å². The van der Waals surface area contributed by atoms with Gasteiger partial charge in [-0.2, -0.15) is 0 Å². The molecule has 0 radical (unpaired) electrons. The van der Waals surface area contributed by atoms with Gasteiger partial charge < -0.3 is 4.57 Å². The largest absolute Gasteiger partial charge is 0.313 e. The molecule has 0 unspecified atom stereocenters. The first-order chi connectivity index (χ1) is 11.8. The minimum atomic E-state index is 0.992. The van der Waals surface area contributed by atoms with Crippen molar-refractivity contribution in [3.8, 4) is 5.69 Å². The fourth-order valence-electron chi connectivity index (χ4n) is 3.05. The van der Waals surface area contributed by atoms with Crippen LogP contribution in [0.15, 0.2) is 89.9 Å². The molecule has 3 aromatic carbocycles. The van der Waals surface area contributed by atoms with Crippen molar-refractivity contribution >= 4 is 22.7 Å². The van der Waals surface area contributed by atoms with Crippen LogP contribution in [0.3, 0.4) is 0 Å². The minimum absolute atomic E-state index is 0.992. The van der Waals surface area contributed by atoms with Crippen molar-refractivity contribution in [1.29, 1.82) is 0 Å². The number of para-hydroxylation sites is 1. The van der Waals surface area contributed by atoms with Crippen molar-refractivity contribution in [2.75, 3.05) is 0 Å². The van der Waals surface area contributed by atoms with Crippen LogP contribution >= 0.6 is 0 Å². The van der Waals surface area contributed by atoms with Crippen molar-refractivity contribution in [1.82, 2.24) is 4.57 Å². The molecule has 4 aromatic rings. The summed E-state index contributed by atoms with van der Waals surface area (Å²) >= 11 is 0. The maximum atomic E-state index is 4.76. The van der Waals surface area contributed by atoms with Crippen molar-refractivity contribution in [3.63, 3.8) is 0 Å². The van der Waals surface area contributed by atoms with E-state index in [1.807, 2.05) is 12.3 Å². The second kappa shape index (κ2) is 6.17. The van der Waals surface area contributed by atoms with E-state index in [9.17, 15) is 0 Å². The number of aliphatic imine (C=N–C) groups is 1. The van der Waals surface area contributed by atoms with Gasteiger partial charge in [0.1, 0.15) is 0 Å². The predicted molar refractivity (Wildman–Crippen MR) is 102 cm³/mol. The number of benzene rings is 3. The third kappa shape index (κ3) is 2.63. The van der Waals surface area contributed by atoms with E-state index in [2.05, 4.69) is 90.4 Å². The first-order valence-corrected chi connectivity index (χ1v) is 8.08. The molecule has 0 aliphatic carbocycles. The molecule has 24 heavy (non-hydrogen) atoms. The quantitative estimate of drug-likeness (QED) is 0.433. The molecule has 2 nitrogen and oxygen atoms in total. The fraction of sp³-hybridized carbons (Fsp3) is 0.0455. The molecule has 0 spiro atoms. The maximum Gasteiger partial charge on any atom is 0.0708 e. The molecule has 0 aliphatic rings. The van der Waals surface area contributed by atoms with Gasteiger partial charge >= 0.3 is 0 Å². The summed E-state index contributed by atoms with van der Waals surface area (Å²) in [4.78, 5) is 4.76. The van der Waals surface area contributed by atoms with E-state index in [1.165, 1.54) is 16.5 Å². The lowest BCUT2D eigenvalue weighted by molar-refractivity contribution is 1.01. The average molecular weight is 310 g/mol. The summed E-state index contributed by atoms with van der Waals surface area (Å²) in [6, 6.07) is 29.2. The standard InChI is InChI=1S/C22H18N2/c1-17-14-15-20(24(17)19-10-3-2-4-11-19)16-23-22-13-7-9-18-8-5-6-12-21(18)22/h2-16H,1H3. The molecule has 0 bridgehead atoms. The van der Waals surface area contributed by atoms with Gasteiger partial charge in [-0.1, -0.05) is 54.6 Å². The highest BCUT2D eigenvalue weighted by molar-refractivity contribution is 5.95. The molecular formula is C22H18N2. The van der Waals surface area contributed by atoms with Gasteiger partial charge in [0.25, 0.3) is 0 Å². The van der Waals surface area contributed by atoms with Crippen molar-refractivity contribution in [2.24, 2.45) is 4.99 Å². The summed E-state index contributed by atoms with van der Waals surface area (Å²) < 4.78 is 2.22. The Labute approximate surface area is 141 Å². The first kappa shape index (κ1) is 14.5. The van der Waals surface area contributed by atoms with Gasteiger partial charge in [-0.25, -0.2) is 0 Å². The summed E-state index contributed by atoms with van der Waals surface area (Å²) in [7, 11) is 0. The second-order valence-corrected chi connectivity index (χ2v) is 5.83. The first-order valence-electron chi connectivity index (χ1n) is 8.08. The van der Waals surface area contributed by atoms with Crippen LogP contribution in [0.2, 0.25) is 0 Å². The zero-order chi connectivity index (χ0) is 16.4. The van der Waals surface area contributed by atoms with Crippen molar-refractivity contribution < 1.29 is 0 Å². The SMILES string of the molecule is Cc1ccc(C=Nc2cccc3ccccc23)n1-c1ccccc1. The Balaban J connectivity index is 1.77. The zero-order valence-electron chi connectivity index (χ0n) is 13.6. The van der Waals surface area contributed by atoms with Crippen LogP contribution in [0.25, 0.3) is 16.5 Å². The Morgan fingerprint density at radius 2 is 1.50 bits per heavy atom. The molecule has 1 heterocycles. The summed E-state index contributed by atoms with van der Waals surface area (Å²) in [5, 5.41) is 2.38. The van der Waals surface area contributed by atoms with Crippen LogP contribution in [0.5, 0.6) is 0 Å². The highest BCUT2D eigenvalue weighted by Gasteiger charge is 2.05. The van der Waals surface area contributed by atoms with Gasteiger partial charge in [0.15, 0.2) is 0 Å². The number of hydrogen-bond donors (Lipinski definition) is 0. The zero-order valence-corrected chi connectivity index (χ0v) is 13.6. The lowest BCUT2D eigenvalue weighted by atomic mass is 10.1. The summed E-state index contributed by atoms with van der Waals surface area (Å²) in [6.45, 7) is 2.11. The van der Waals surface area contributed by atoms with Crippen LogP contribution in [0, 0.1) is 6.92 Å². The van der Waals surface area contributed by atoms with Crippen LogP contribution in [-0.2, 0) is 0 Å². The van der Waals surface area contributed by atoms with E-state index >= 15 is 0 Å². The van der Waals surface area contributed by atoms with Gasteiger partial charge in [0.05, 0.1) is 17.6 Å². The van der Waals surface area contributed by atoms with Crippen LogP contribution in [0.1, 0.15) is 11.4 Å². The molecule has 0 N–H and O–H groups in total. The Morgan fingerprint density at radius 1 is 0.750 bits per heavy atom. The molecule has 0 saturated carbocycles. The minimum Gasteiger partial charge on any atom is -0.313 e. The van der Waals surface area contributed by atoms with Gasteiger partial charge in [-0.3, -0.25) is 4.99 Å². The molecule has 0 aliphatic heterocycles. The number of fused-ring (bicyclic) bond motifs is 1. The number of aromatic nitrogens is 1. The molecule has 116 valence electrons. The van der Waals surface area contributed by atoms with Crippen LogP contribution in [0.4, 0.5) is 5.69 Å². The third-order valence-electron chi connectivity index (χ3n) is 4.22. The molecule has 1 aromatic heterocycles. The summed E-state index contributed by atoms with van der Waals surface area (Å²) in [5.41, 5.74) is 4.41. The average Bonchev–Trinajstić information content (AvgIpc) is 3.01. The molecule has 2 heteroatoms. The predicted octanol–water partition coefficient (Wildman–Crippen LogP) is 5.69. The normalized spacial score (nSPS) is 11.4. The molecule has 0 atom stereocenters. The van der Waals surface area contributed by atoms with E-state index in [0.717, 1.165) is 17.1 Å². The Morgan fingerprint density at radius 3 is 2.38 bits per heavy atom. The molecule has 4 rings (SSSR count). The van der Waals surface area contributed by atoms with Crippen LogP contribution < -0.4 is 0 Å². The van der Waals surface area contributed by atoms with Gasteiger partial charge in [-0.15, -0.1) is 0 Å². The van der Waals surface area contributed by atoms with Crippen molar-refractivity contribution in [3.05, 3.63) is 96.3 Å². The number of rotatable bonds is 3. The fourth-order valence-corrected chi connectivity index (χ4v) is 3.05. The number of aryl methyl sites for hydroxylation is 1. The van der Waals surface area contributed by atoms with E-state index in [4.69, 9.17) is 4.99 Å². The molecule has 0 amide bonds. The smallest absolute Gasteiger partial charge is 0.0708 e. The van der Waals surface area contributed by atoms with E-state index in [1.54, 1.807) is 0 Å². The lowest BCUT2D eigenvalue weighted by Crippen LogP contribution is -2.00. The van der Waals surface area contributed by atoms with Crippen molar-refractivity contribution in [2.45, 2.75) is 6.92 Å². The Kier molecular flexibility index (Phi) is 3.72. The van der Waals surface area contributed by atoms with E-state index < -0.39 is 0 Å². The van der Waals surface area contributed by atoms with E-state index in [0.29, 0.717) is 0 Å². The summed E-state index contributed by atoms with van der Waals surface area (Å²) in [5.74, 6) is 0. The third-order valence-corrected chi connectivity index (χ3v) is 4.22. The highest BCUT2D eigenvalue weighted by atomic mass is 15.0. The second-order valence-electron chi connectivity index (χ2n) is 5.83. The monoisotopic (exact) mass is 310 g/mol.